The molecular weight excluding hydrogens is 196 g/mol. The predicted molar refractivity (Wildman–Crippen MR) is 69.4 cm³/mol. The van der Waals surface area contributed by atoms with Crippen molar-refractivity contribution in [2.75, 3.05) is 13.6 Å². The lowest BCUT2D eigenvalue weighted by atomic mass is 9.71. The highest BCUT2D eigenvalue weighted by molar-refractivity contribution is 5.01. The van der Waals surface area contributed by atoms with E-state index in [1.165, 1.54) is 38.5 Å². The molecule has 2 fully saturated rings. The first-order valence-corrected chi connectivity index (χ1v) is 7.02. The molecule has 2 rings (SSSR count). The van der Waals surface area contributed by atoms with E-state index in [-0.39, 0.29) is 0 Å². The van der Waals surface area contributed by atoms with E-state index in [1.54, 1.807) is 0 Å². The molecule has 2 unspecified atom stereocenters. The number of nitrogens with two attached hydrogens (primary N) is 1. The van der Waals surface area contributed by atoms with Crippen LogP contribution < -0.4 is 5.73 Å². The molecule has 2 N–H and O–H groups in total. The summed E-state index contributed by atoms with van der Waals surface area (Å²) in [6, 6.07) is 0.842. The molecule has 0 radical (unpaired) electrons. The Morgan fingerprint density at radius 3 is 2.50 bits per heavy atom. The van der Waals surface area contributed by atoms with Gasteiger partial charge < -0.3 is 5.73 Å². The van der Waals surface area contributed by atoms with Crippen LogP contribution in [0.2, 0.25) is 0 Å². The highest BCUT2D eigenvalue weighted by Crippen LogP contribution is 2.42. The van der Waals surface area contributed by atoms with E-state index in [1.807, 2.05) is 0 Å². The third-order valence-corrected chi connectivity index (χ3v) is 5.02. The van der Waals surface area contributed by atoms with Crippen molar-refractivity contribution >= 4 is 0 Å². The van der Waals surface area contributed by atoms with Crippen LogP contribution in [0.5, 0.6) is 0 Å². The van der Waals surface area contributed by atoms with Gasteiger partial charge in [-0.15, -0.1) is 0 Å². The number of likely N-dealkylation sites (N-methyl/N-ethyl adjacent to an activating group) is 1. The highest BCUT2D eigenvalue weighted by atomic mass is 15.2. The topological polar surface area (TPSA) is 29.3 Å². The molecule has 2 aliphatic carbocycles. The van der Waals surface area contributed by atoms with Gasteiger partial charge in [0.05, 0.1) is 0 Å². The summed E-state index contributed by atoms with van der Waals surface area (Å²) in [4.78, 5) is 2.63. The molecule has 0 spiro atoms. The second-order valence-corrected chi connectivity index (χ2v) is 6.37. The Morgan fingerprint density at radius 2 is 2.00 bits per heavy atom. The molecule has 0 heterocycles. The van der Waals surface area contributed by atoms with Gasteiger partial charge in [-0.2, -0.15) is 0 Å². The Labute approximate surface area is 101 Å². The minimum absolute atomic E-state index is 0.328. The van der Waals surface area contributed by atoms with Crippen molar-refractivity contribution in [3.05, 3.63) is 0 Å². The summed E-state index contributed by atoms with van der Waals surface area (Å²) in [6.07, 6.45) is 8.22. The molecule has 0 saturated heterocycles. The highest BCUT2D eigenvalue weighted by Gasteiger charge is 2.44. The minimum Gasteiger partial charge on any atom is -0.329 e. The Balaban J connectivity index is 2.06. The zero-order valence-corrected chi connectivity index (χ0v) is 11.2. The molecule has 2 nitrogen and oxygen atoms in total. The molecule has 0 amide bonds. The van der Waals surface area contributed by atoms with Gasteiger partial charge in [0, 0.05) is 18.1 Å². The van der Waals surface area contributed by atoms with Crippen LogP contribution in [0.25, 0.3) is 0 Å². The van der Waals surface area contributed by atoms with Crippen molar-refractivity contribution in [1.29, 1.82) is 0 Å². The van der Waals surface area contributed by atoms with Gasteiger partial charge in [0.1, 0.15) is 0 Å². The number of nitrogens with zero attached hydrogens (tertiary/aromatic N) is 1. The molecule has 2 aliphatic rings. The van der Waals surface area contributed by atoms with Crippen LogP contribution in [0.15, 0.2) is 0 Å². The van der Waals surface area contributed by atoms with Crippen molar-refractivity contribution in [3.8, 4) is 0 Å². The maximum Gasteiger partial charge on any atom is 0.0334 e. The van der Waals surface area contributed by atoms with Crippen LogP contribution in [0.4, 0.5) is 0 Å². The van der Waals surface area contributed by atoms with Crippen molar-refractivity contribution < 1.29 is 0 Å². The van der Waals surface area contributed by atoms with E-state index in [2.05, 4.69) is 25.8 Å². The maximum atomic E-state index is 6.13. The first-order valence-electron chi connectivity index (χ1n) is 7.02. The lowest BCUT2D eigenvalue weighted by Gasteiger charge is -2.48. The fourth-order valence-corrected chi connectivity index (χ4v) is 3.45. The molecule has 2 saturated carbocycles. The van der Waals surface area contributed by atoms with Crippen molar-refractivity contribution in [2.24, 2.45) is 17.6 Å². The first-order chi connectivity index (χ1) is 7.59. The van der Waals surface area contributed by atoms with Gasteiger partial charge in [0.25, 0.3) is 0 Å². The quantitative estimate of drug-likeness (QED) is 0.795. The third-order valence-electron chi connectivity index (χ3n) is 5.02. The van der Waals surface area contributed by atoms with Gasteiger partial charge in [0.2, 0.25) is 0 Å². The largest absolute Gasteiger partial charge is 0.329 e. The van der Waals surface area contributed by atoms with E-state index in [9.17, 15) is 0 Å². The average molecular weight is 224 g/mol. The second-order valence-electron chi connectivity index (χ2n) is 6.37. The summed E-state index contributed by atoms with van der Waals surface area (Å²) < 4.78 is 0. The smallest absolute Gasteiger partial charge is 0.0334 e. The fourth-order valence-electron chi connectivity index (χ4n) is 3.45. The standard InChI is InChI=1S/C14H28N2/c1-11(2)12-5-4-8-14(9-12,10-15)16(3)13-6-7-13/h11-13H,4-10,15H2,1-3H3. The normalized spacial score (nSPS) is 36.0. The fraction of sp³-hybridized carbons (Fsp3) is 1.00. The monoisotopic (exact) mass is 224 g/mol. The van der Waals surface area contributed by atoms with Crippen LogP contribution in [-0.2, 0) is 0 Å². The van der Waals surface area contributed by atoms with E-state index < -0.39 is 0 Å². The molecule has 0 aromatic rings. The number of hydrogen-bond acceptors (Lipinski definition) is 2. The maximum absolute atomic E-state index is 6.13. The van der Waals surface area contributed by atoms with Gasteiger partial charge in [0.15, 0.2) is 0 Å². The molecule has 94 valence electrons. The molecule has 16 heavy (non-hydrogen) atoms. The second kappa shape index (κ2) is 4.66. The summed E-state index contributed by atoms with van der Waals surface area (Å²) in [6.45, 7) is 5.59. The van der Waals surface area contributed by atoms with Gasteiger partial charge >= 0.3 is 0 Å². The predicted octanol–water partition coefficient (Wildman–Crippen LogP) is 2.62. The zero-order valence-electron chi connectivity index (χ0n) is 11.2. The van der Waals surface area contributed by atoms with Crippen LogP contribution >= 0.6 is 0 Å². The van der Waals surface area contributed by atoms with Crippen molar-refractivity contribution in [1.82, 2.24) is 4.90 Å². The van der Waals surface area contributed by atoms with Gasteiger partial charge in [-0.25, -0.2) is 0 Å². The Hall–Kier alpha value is -0.0800. The summed E-state index contributed by atoms with van der Waals surface area (Å²) >= 11 is 0. The molecular formula is C14H28N2. The van der Waals surface area contributed by atoms with E-state index in [0.29, 0.717) is 5.54 Å². The SMILES string of the molecule is CC(C)C1CCCC(CN)(N(C)C2CC2)C1. The molecule has 2 atom stereocenters. The summed E-state index contributed by atoms with van der Waals surface area (Å²) in [7, 11) is 2.31. The van der Waals surface area contributed by atoms with Crippen molar-refractivity contribution in [3.63, 3.8) is 0 Å². The third kappa shape index (κ3) is 2.28. The Kier molecular flexibility index (Phi) is 3.60. The van der Waals surface area contributed by atoms with Gasteiger partial charge in [-0.05, 0) is 44.6 Å². The summed E-state index contributed by atoms with van der Waals surface area (Å²) in [5.41, 5.74) is 6.45. The molecule has 0 bridgehead atoms. The van der Waals surface area contributed by atoms with Gasteiger partial charge in [-0.3, -0.25) is 4.90 Å². The van der Waals surface area contributed by atoms with Crippen LogP contribution in [0.3, 0.4) is 0 Å². The Bertz CT molecular complexity index is 235. The van der Waals surface area contributed by atoms with Gasteiger partial charge in [-0.1, -0.05) is 26.7 Å². The van der Waals surface area contributed by atoms with E-state index >= 15 is 0 Å². The molecule has 0 aliphatic heterocycles. The van der Waals surface area contributed by atoms with E-state index in [4.69, 9.17) is 5.73 Å². The van der Waals surface area contributed by atoms with Crippen LogP contribution in [0.1, 0.15) is 52.4 Å². The average Bonchev–Trinajstić information content (AvgIpc) is 3.12. The first kappa shape index (κ1) is 12.4. The number of hydrogen-bond donors (Lipinski definition) is 1. The summed E-state index contributed by atoms with van der Waals surface area (Å²) in [5, 5.41) is 0. The lowest BCUT2D eigenvalue weighted by molar-refractivity contribution is 0.0393. The molecule has 2 heteroatoms. The minimum atomic E-state index is 0.328. The zero-order chi connectivity index (χ0) is 11.8. The number of rotatable bonds is 4. The summed E-state index contributed by atoms with van der Waals surface area (Å²) in [5.74, 6) is 1.71. The molecule has 0 aromatic carbocycles. The van der Waals surface area contributed by atoms with Crippen LogP contribution in [0, 0.1) is 11.8 Å². The van der Waals surface area contributed by atoms with E-state index in [0.717, 1.165) is 24.4 Å². The molecule has 0 aromatic heterocycles. The van der Waals surface area contributed by atoms with Crippen molar-refractivity contribution in [2.45, 2.75) is 64.0 Å². The lowest BCUT2D eigenvalue weighted by Crippen LogP contribution is -2.56. The van der Waals surface area contributed by atoms with Crippen LogP contribution in [-0.4, -0.2) is 30.1 Å². The Morgan fingerprint density at radius 1 is 1.31 bits per heavy atom.